The van der Waals surface area contributed by atoms with Crippen LogP contribution in [0.1, 0.15) is 71.6 Å². The summed E-state index contributed by atoms with van der Waals surface area (Å²) < 4.78 is 0. The molecule has 3 atom stereocenters. The molecule has 0 bridgehead atoms. The zero-order valence-corrected chi connectivity index (χ0v) is 13.4. The minimum atomic E-state index is 0.108. The van der Waals surface area contributed by atoms with E-state index in [1.54, 1.807) is 0 Å². The molecule has 1 amide bonds. The van der Waals surface area contributed by atoms with Crippen molar-refractivity contribution in [2.75, 3.05) is 13.1 Å². The fourth-order valence-electron chi connectivity index (χ4n) is 3.76. The Labute approximate surface area is 124 Å². The first-order chi connectivity index (χ1) is 9.76. The van der Waals surface area contributed by atoms with Crippen LogP contribution in [0.5, 0.6) is 0 Å². The van der Waals surface area contributed by atoms with Crippen molar-refractivity contribution in [1.29, 1.82) is 0 Å². The lowest BCUT2D eigenvalue weighted by Gasteiger charge is -2.26. The maximum Gasteiger partial charge on any atom is 0.239 e. The topological polar surface area (TPSA) is 32.3 Å². The van der Waals surface area contributed by atoms with Crippen molar-refractivity contribution in [2.24, 2.45) is 5.92 Å². The van der Waals surface area contributed by atoms with E-state index in [1.165, 1.54) is 38.5 Å². The summed E-state index contributed by atoms with van der Waals surface area (Å²) >= 11 is 0. The number of nitrogens with one attached hydrogen (secondary N) is 1. The van der Waals surface area contributed by atoms with Crippen molar-refractivity contribution in [3.63, 3.8) is 0 Å². The number of amides is 1. The van der Waals surface area contributed by atoms with Crippen LogP contribution in [-0.4, -0.2) is 36.0 Å². The van der Waals surface area contributed by atoms with Crippen molar-refractivity contribution in [3.8, 4) is 0 Å². The molecule has 3 unspecified atom stereocenters. The molecule has 1 N–H and O–H groups in total. The number of unbranched alkanes of at least 4 members (excludes halogenated alkanes) is 2. The largest absolute Gasteiger partial charge is 0.341 e. The summed E-state index contributed by atoms with van der Waals surface area (Å²) in [5.41, 5.74) is 0. The number of rotatable bonds is 7. The third kappa shape index (κ3) is 3.97. The Morgan fingerprint density at radius 2 is 1.75 bits per heavy atom. The van der Waals surface area contributed by atoms with Crippen LogP contribution >= 0.6 is 0 Å². The molecule has 2 rings (SSSR count). The van der Waals surface area contributed by atoms with Gasteiger partial charge in [-0.25, -0.2) is 0 Å². The molecule has 0 radical (unpaired) electrons. The van der Waals surface area contributed by atoms with Gasteiger partial charge in [-0.2, -0.15) is 0 Å². The molecule has 1 saturated heterocycles. The molecular weight excluding hydrogens is 248 g/mol. The molecule has 1 heterocycles. The van der Waals surface area contributed by atoms with Crippen LogP contribution < -0.4 is 5.32 Å². The van der Waals surface area contributed by atoms with Gasteiger partial charge in [-0.15, -0.1) is 0 Å². The van der Waals surface area contributed by atoms with Crippen LogP contribution in [0.25, 0.3) is 0 Å². The third-order valence-corrected chi connectivity index (χ3v) is 5.04. The normalized spacial score (nSPS) is 29.2. The van der Waals surface area contributed by atoms with E-state index in [2.05, 4.69) is 24.1 Å². The smallest absolute Gasteiger partial charge is 0.239 e. The maximum absolute atomic E-state index is 12.8. The van der Waals surface area contributed by atoms with Crippen molar-refractivity contribution >= 4 is 5.91 Å². The molecule has 1 aliphatic carbocycles. The molecule has 3 nitrogen and oxygen atoms in total. The zero-order chi connectivity index (χ0) is 14.4. The number of fused-ring (bicyclic) bond motifs is 1. The average Bonchev–Trinajstić information content (AvgIpc) is 2.90. The summed E-state index contributed by atoms with van der Waals surface area (Å²) in [7, 11) is 0. The summed E-state index contributed by atoms with van der Waals surface area (Å²) in [6.45, 7) is 6.29. The summed E-state index contributed by atoms with van der Waals surface area (Å²) in [5, 5.41) is 3.63. The van der Waals surface area contributed by atoms with Crippen molar-refractivity contribution in [2.45, 2.75) is 83.7 Å². The molecule has 1 saturated carbocycles. The van der Waals surface area contributed by atoms with Gasteiger partial charge in [-0.3, -0.25) is 4.79 Å². The minimum Gasteiger partial charge on any atom is -0.341 e. The van der Waals surface area contributed by atoms with Gasteiger partial charge in [-0.05, 0) is 38.0 Å². The first-order valence-corrected chi connectivity index (χ1v) is 8.81. The molecule has 116 valence electrons. The molecule has 2 fully saturated rings. The van der Waals surface area contributed by atoms with Gasteiger partial charge in [0.15, 0.2) is 0 Å². The molecule has 2 aliphatic rings. The van der Waals surface area contributed by atoms with E-state index >= 15 is 0 Å². The number of carbonyl (C=O) groups is 1. The van der Waals surface area contributed by atoms with Crippen molar-refractivity contribution < 1.29 is 4.79 Å². The Bertz CT molecular complexity index is 279. The van der Waals surface area contributed by atoms with Crippen molar-refractivity contribution in [3.05, 3.63) is 0 Å². The van der Waals surface area contributed by atoms with E-state index in [9.17, 15) is 4.79 Å². The van der Waals surface area contributed by atoms with Gasteiger partial charge in [0.05, 0.1) is 6.04 Å². The fourth-order valence-corrected chi connectivity index (χ4v) is 3.76. The third-order valence-electron chi connectivity index (χ3n) is 5.04. The lowest BCUT2D eigenvalue weighted by Crippen LogP contribution is -2.46. The quantitative estimate of drug-likeness (QED) is 0.776. The van der Waals surface area contributed by atoms with Gasteiger partial charge in [-0.1, -0.05) is 39.5 Å². The standard InChI is InChI=1S/C17H32N2O/c1-3-5-11-19(12-6-4-2)17(20)16-13-14-9-7-8-10-15(14)18-16/h14-16,18H,3-13H2,1-2H3. The lowest BCUT2D eigenvalue weighted by atomic mass is 9.85. The van der Waals surface area contributed by atoms with Crippen LogP contribution in [0.15, 0.2) is 0 Å². The first kappa shape index (κ1) is 15.8. The summed E-state index contributed by atoms with van der Waals surface area (Å²) in [6, 6.07) is 0.730. The van der Waals surface area contributed by atoms with Crippen molar-refractivity contribution in [1.82, 2.24) is 10.2 Å². The van der Waals surface area contributed by atoms with Gasteiger partial charge >= 0.3 is 0 Å². The SMILES string of the molecule is CCCCN(CCCC)C(=O)C1CC2CCCCC2N1. The van der Waals surface area contributed by atoms with Gasteiger partial charge in [0.1, 0.15) is 0 Å². The second-order valence-electron chi connectivity index (χ2n) is 6.64. The number of carbonyl (C=O) groups excluding carboxylic acids is 1. The molecule has 20 heavy (non-hydrogen) atoms. The molecule has 0 aromatic carbocycles. The van der Waals surface area contributed by atoms with E-state index < -0.39 is 0 Å². The Morgan fingerprint density at radius 1 is 1.10 bits per heavy atom. The Kier molecular flexibility index (Phi) is 6.34. The molecule has 1 aliphatic heterocycles. The van der Waals surface area contributed by atoms with Gasteiger partial charge in [0.2, 0.25) is 5.91 Å². The second kappa shape index (κ2) is 8.02. The Hall–Kier alpha value is -0.570. The lowest BCUT2D eigenvalue weighted by molar-refractivity contribution is -0.133. The molecule has 3 heteroatoms. The van der Waals surface area contributed by atoms with Gasteiger partial charge in [0, 0.05) is 19.1 Å². The van der Waals surface area contributed by atoms with E-state index in [4.69, 9.17) is 0 Å². The highest BCUT2D eigenvalue weighted by atomic mass is 16.2. The molecule has 0 aromatic heterocycles. The molecular formula is C17H32N2O. The van der Waals surface area contributed by atoms with Gasteiger partial charge in [0.25, 0.3) is 0 Å². The van der Waals surface area contributed by atoms with Crippen LogP contribution in [-0.2, 0) is 4.79 Å². The Morgan fingerprint density at radius 3 is 2.35 bits per heavy atom. The minimum absolute atomic E-state index is 0.108. The molecule has 0 aromatic rings. The number of hydrogen-bond acceptors (Lipinski definition) is 2. The first-order valence-electron chi connectivity index (χ1n) is 8.81. The van der Waals surface area contributed by atoms with Crippen LogP contribution in [0, 0.1) is 5.92 Å². The van der Waals surface area contributed by atoms with E-state index in [0.717, 1.165) is 38.3 Å². The summed E-state index contributed by atoms with van der Waals surface area (Å²) in [6.07, 6.45) is 11.0. The van der Waals surface area contributed by atoms with E-state index in [-0.39, 0.29) is 6.04 Å². The predicted octanol–water partition coefficient (Wildman–Crippen LogP) is 3.34. The summed E-state index contributed by atoms with van der Waals surface area (Å²) in [5.74, 6) is 1.14. The van der Waals surface area contributed by atoms with E-state index in [0.29, 0.717) is 11.9 Å². The number of hydrogen-bond donors (Lipinski definition) is 1. The second-order valence-corrected chi connectivity index (χ2v) is 6.64. The highest BCUT2D eigenvalue weighted by Crippen LogP contribution is 2.33. The molecule has 0 spiro atoms. The summed E-state index contributed by atoms with van der Waals surface area (Å²) in [4.78, 5) is 14.9. The number of nitrogens with zero attached hydrogens (tertiary/aromatic N) is 1. The maximum atomic E-state index is 12.8. The zero-order valence-electron chi connectivity index (χ0n) is 13.4. The Balaban J connectivity index is 1.89. The van der Waals surface area contributed by atoms with Crippen LogP contribution in [0.3, 0.4) is 0 Å². The van der Waals surface area contributed by atoms with Crippen LogP contribution in [0.2, 0.25) is 0 Å². The monoisotopic (exact) mass is 280 g/mol. The highest BCUT2D eigenvalue weighted by Gasteiger charge is 2.39. The van der Waals surface area contributed by atoms with Gasteiger partial charge < -0.3 is 10.2 Å². The predicted molar refractivity (Wildman–Crippen MR) is 83.7 cm³/mol. The average molecular weight is 280 g/mol. The fraction of sp³-hybridized carbons (Fsp3) is 0.941. The van der Waals surface area contributed by atoms with Crippen LogP contribution in [0.4, 0.5) is 0 Å². The highest BCUT2D eigenvalue weighted by molar-refractivity contribution is 5.82. The van der Waals surface area contributed by atoms with E-state index in [1.807, 2.05) is 0 Å².